The molecule has 1 saturated carbocycles. The van der Waals surface area contributed by atoms with Crippen molar-refractivity contribution in [2.24, 2.45) is 0 Å². The second-order valence-electron chi connectivity index (χ2n) is 6.55. The third kappa shape index (κ3) is 5.65. The van der Waals surface area contributed by atoms with Crippen LogP contribution >= 0.6 is 0 Å². The van der Waals surface area contributed by atoms with Gasteiger partial charge in [-0.05, 0) is 38.8 Å². The smallest absolute Gasteiger partial charge is 0.266 e. The van der Waals surface area contributed by atoms with Gasteiger partial charge in [0.1, 0.15) is 11.6 Å². The zero-order chi connectivity index (χ0) is 19.6. The van der Waals surface area contributed by atoms with Crippen molar-refractivity contribution in [2.75, 3.05) is 25.6 Å². The van der Waals surface area contributed by atoms with E-state index in [2.05, 4.69) is 5.32 Å². The minimum atomic E-state index is -0.243. The first-order valence-electron chi connectivity index (χ1n) is 9.64. The van der Waals surface area contributed by atoms with Crippen LogP contribution in [-0.4, -0.2) is 37.1 Å². The third-order valence-electron chi connectivity index (χ3n) is 4.72. The molecule has 0 radical (unpaired) electrons. The molecule has 6 heteroatoms. The summed E-state index contributed by atoms with van der Waals surface area (Å²) in [5.74, 6) is 1.05. The first kappa shape index (κ1) is 20.6. The quantitative estimate of drug-likeness (QED) is 0.550. The van der Waals surface area contributed by atoms with E-state index in [0.717, 1.165) is 31.4 Å². The number of ether oxygens (including phenoxy) is 2. The fourth-order valence-corrected chi connectivity index (χ4v) is 3.26. The van der Waals surface area contributed by atoms with Crippen LogP contribution < -0.4 is 14.8 Å². The SMILES string of the molecule is CCOc1ccc(N/C=C(/C#N)C(=O)N(C)C2CCCCC2)cc1OCC. The molecule has 1 aliphatic rings. The number of anilines is 1. The Kier molecular flexibility index (Phi) is 8.00. The minimum absolute atomic E-state index is 0.0925. The molecular weight excluding hydrogens is 342 g/mol. The maximum atomic E-state index is 12.7. The third-order valence-corrected chi connectivity index (χ3v) is 4.72. The summed E-state index contributed by atoms with van der Waals surface area (Å²) < 4.78 is 11.1. The Hall–Kier alpha value is -2.68. The Balaban J connectivity index is 2.10. The van der Waals surface area contributed by atoms with Crippen LogP contribution in [-0.2, 0) is 4.79 Å². The normalized spacial score (nSPS) is 15.0. The van der Waals surface area contributed by atoms with Gasteiger partial charge in [-0.25, -0.2) is 0 Å². The summed E-state index contributed by atoms with van der Waals surface area (Å²) in [5.41, 5.74) is 0.817. The lowest BCUT2D eigenvalue weighted by Gasteiger charge is -2.31. The Labute approximate surface area is 161 Å². The molecule has 0 bridgehead atoms. The molecule has 0 aliphatic heterocycles. The number of nitrogens with one attached hydrogen (secondary N) is 1. The molecule has 0 saturated heterocycles. The molecule has 146 valence electrons. The highest BCUT2D eigenvalue weighted by molar-refractivity contribution is 5.97. The van der Waals surface area contributed by atoms with E-state index in [1.54, 1.807) is 18.0 Å². The zero-order valence-electron chi connectivity index (χ0n) is 16.5. The molecule has 27 heavy (non-hydrogen) atoms. The average molecular weight is 371 g/mol. The highest BCUT2D eigenvalue weighted by atomic mass is 16.5. The van der Waals surface area contributed by atoms with Crippen LogP contribution in [0.25, 0.3) is 0 Å². The van der Waals surface area contributed by atoms with Crippen LogP contribution in [0, 0.1) is 11.3 Å². The summed E-state index contributed by atoms with van der Waals surface area (Å²) in [7, 11) is 1.79. The van der Waals surface area contributed by atoms with Crippen molar-refractivity contribution in [1.82, 2.24) is 4.90 Å². The highest BCUT2D eigenvalue weighted by Crippen LogP contribution is 2.30. The Morgan fingerprint density at radius 1 is 1.22 bits per heavy atom. The Morgan fingerprint density at radius 2 is 1.89 bits per heavy atom. The number of likely N-dealkylation sites (N-methyl/N-ethyl adjacent to an activating group) is 1. The summed E-state index contributed by atoms with van der Waals surface area (Å²) in [4.78, 5) is 14.4. The Morgan fingerprint density at radius 3 is 2.52 bits per heavy atom. The van der Waals surface area contributed by atoms with Crippen molar-refractivity contribution >= 4 is 11.6 Å². The molecule has 1 aliphatic carbocycles. The van der Waals surface area contributed by atoms with Gasteiger partial charge in [0.2, 0.25) is 0 Å². The van der Waals surface area contributed by atoms with Crippen molar-refractivity contribution < 1.29 is 14.3 Å². The second-order valence-corrected chi connectivity index (χ2v) is 6.55. The lowest BCUT2D eigenvalue weighted by Crippen LogP contribution is -2.39. The van der Waals surface area contributed by atoms with Gasteiger partial charge in [-0.1, -0.05) is 19.3 Å². The predicted octanol–water partition coefficient (Wildman–Crippen LogP) is 4.09. The Bertz CT molecular complexity index is 703. The van der Waals surface area contributed by atoms with Gasteiger partial charge in [-0.2, -0.15) is 5.26 Å². The fourth-order valence-electron chi connectivity index (χ4n) is 3.26. The molecule has 1 fully saturated rings. The van der Waals surface area contributed by atoms with Crippen LogP contribution in [0.1, 0.15) is 46.0 Å². The summed E-state index contributed by atoms with van der Waals surface area (Å²) in [6, 6.07) is 7.68. The van der Waals surface area contributed by atoms with E-state index in [1.165, 1.54) is 12.6 Å². The van der Waals surface area contributed by atoms with Crippen molar-refractivity contribution in [3.8, 4) is 17.6 Å². The van der Waals surface area contributed by atoms with Gasteiger partial charge in [0.25, 0.3) is 5.91 Å². The van der Waals surface area contributed by atoms with E-state index in [9.17, 15) is 10.1 Å². The van der Waals surface area contributed by atoms with Gasteiger partial charge in [0.15, 0.2) is 11.5 Å². The van der Waals surface area contributed by atoms with Crippen LogP contribution in [0.15, 0.2) is 30.0 Å². The maximum absolute atomic E-state index is 12.7. The van der Waals surface area contributed by atoms with Crippen LogP contribution in [0.4, 0.5) is 5.69 Å². The molecule has 0 heterocycles. The number of amides is 1. The highest BCUT2D eigenvalue weighted by Gasteiger charge is 2.24. The van der Waals surface area contributed by atoms with E-state index in [1.807, 2.05) is 32.0 Å². The number of benzene rings is 1. The van der Waals surface area contributed by atoms with Crippen molar-refractivity contribution in [3.63, 3.8) is 0 Å². The van der Waals surface area contributed by atoms with E-state index in [4.69, 9.17) is 9.47 Å². The van der Waals surface area contributed by atoms with E-state index in [-0.39, 0.29) is 17.5 Å². The molecule has 0 unspecified atom stereocenters. The van der Waals surface area contributed by atoms with E-state index >= 15 is 0 Å². The number of nitrogens with zero attached hydrogens (tertiary/aromatic N) is 2. The number of carbonyl (C=O) groups excluding carboxylic acids is 1. The molecule has 1 amide bonds. The van der Waals surface area contributed by atoms with Gasteiger partial charge in [0.05, 0.1) is 13.2 Å². The lowest BCUT2D eigenvalue weighted by atomic mass is 9.94. The van der Waals surface area contributed by atoms with Crippen LogP contribution in [0.5, 0.6) is 11.5 Å². The minimum Gasteiger partial charge on any atom is -0.490 e. The van der Waals surface area contributed by atoms with Crippen LogP contribution in [0.2, 0.25) is 0 Å². The van der Waals surface area contributed by atoms with Crippen LogP contribution in [0.3, 0.4) is 0 Å². The number of rotatable bonds is 8. The second kappa shape index (κ2) is 10.5. The van der Waals surface area contributed by atoms with Gasteiger partial charge in [-0.3, -0.25) is 4.79 Å². The number of carbonyl (C=O) groups is 1. The largest absolute Gasteiger partial charge is 0.490 e. The number of hydrogen-bond donors (Lipinski definition) is 1. The van der Waals surface area contributed by atoms with Crippen molar-refractivity contribution in [1.29, 1.82) is 5.26 Å². The molecular formula is C21H29N3O3. The van der Waals surface area contributed by atoms with Gasteiger partial charge in [-0.15, -0.1) is 0 Å². The van der Waals surface area contributed by atoms with E-state index < -0.39 is 0 Å². The number of nitriles is 1. The summed E-state index contributed by atoms with van der Waals surface area (Å²) in [6.45, 7) is 4.89. The summed E-state index contributed by atoms with van der Waals surface area (Å²) in [5, 5.41) is 12.5. The summed E-state index contributed by atoms with van der Waals surface area (Å²) in [6.07, 6.45) is 6.97. The van der Waals surface area contributed by atoms with Gasteiger partial charge < -0.3 is 19.7 Å². The molecule has 6 nitrogen and oxygen atoms in total. The van der Waals surface area contributed by atoms with Gasteiger partial charge in [0, 0.05) is 31.0 Å². The average Bonchev–Trinajstić information content (AvgIpc) is 2.70. The lowest BCUT2D eigenvalue weighted by molar-refractivity contribution is -0.128. The first-order valence-corrected chi connectivity index (χ1v) is 9.64. The maximum Gasteiger partial charge on any atom is 0.266 e. The molecule has 1 aromatic carbocycles. The fraction of sp³-hybridized carbons (Fsp3) is 0.524. The topological polar surface area (TPSA) is 74.6 Å². The standard InChI is InChI=1S/C21H29N3O3/c1-4-26-19-12-11-17(13-20(19)27-5-2)23-15-16(14-22)21(25)24(3)18-9-7-6-8-10-18/h11-13,15,18,23H,4-10H2,1-3H3/b16-15-. The van der Waals surface area contributed by atoms with Crippen molar-refractivity contribution in [2.45, 2.75) is 52.0 Å². The first-order chi connectivity index (χ1) is 13.1. The van der Waals surface area contributed by atoms with Crippen molar-refractivity contribution in [3.05, 3.63) is 30.0 Å². The predicted molar refractivity (Wildman–Crippen MR) is 106 cm³/mol. The molecule has 1 N–H and O–H groups in total. The summed E-state index contributed by atoms with van der Waals surface area (Å²) >= 11 is 0. The molecule has 1 aromatic rings. The molecule has 2 rings (SSSR count). The molecule has 0 spiro atoms. The van der Waals surface area contributed by atoms with Gasteiger partial charge >= 0.3 is 0 Å². The molecule has 0 atom stereocenters. The van der Waals surface area contributed by atoms with E-state index in [0.29, 0.717) is 24.7 Å². The molecule has 0 aromatic heterocycles. The number of hydrogen-bond acceptors (Lipinski definition) is 5. The monoisotopic (exact) mass is 371 g/mol. The zero-order valence-corrected chi connectivity index (χ0v) is 16.5.